The van der Waals surface area contributed by atoms with Crippen molar-refractivity contribution in [1.29, 1.82) is 0 Å². The smallest absolute Gasteiger partial charge is 0.326 e. The van der Waals surface area contributed by atoms with Crippen LogP contribution in [0.5, 0.6) is 0 Å². The molecule has 0 aliphatic carbocycles. The Morgan fingerprint density at radius 1 is 1.38 bits per heavy atom. The molecule has 0 spiro atoms. The first-order valence-electron chi connectivity index (χ1n) is 7.82. The predicted molar refractivity (Wildman–Crippen MR) is 87.2 cm³/mol. The molecule has 0 bridgehead atoms. The zero-order valence-electron chi connectivity index (χ0n) is 14.0. The van der Waals surface area contributed by atoms with Crippen molar-refractivity contribution in [3.63, 3.8) is 0 Å². The van der Waals surface area contributed by atoms with Crippen molar-refractivity contribution in [2.24, 2.45) is 0 Å². The molecule has 3 nitrogen and oxygen atoms in total. The van der Waals surface area contributed by atoms with Gasteiger partial charge >= 0.3 is 5.97 Å². The van der Waals surface area contributed by atoms with Crippen molar-refractivity contribution in [1.82, 2.24) is 0 Å². The summed E-state index contributed by atoms with van der Waals surface area (Å²) in [6.45, 7) is 12.7. The number of aliphatic carboxylic acids is 1. The number of anilines is 1. The van der Waals surface area contributed by atoms with Gasteiger partial charge in [-0.3, -0.25) is 0 Å². The maximum absolute atomic E-state index is 11.7. The molecule has 1 N–H and O–H groups in total. The third-order valence-corrected chi connectivity index (χ3v) is 4.87. The molecule has 1 aliphatic rings. The molecule has 0 amide bonds. The highest BCUT2D eigenvalue weighted by atomic mass is 16.4. The van der Waals surface area contributed by atoms with E-state index in [2.05, 4.69) is 51.7 Å². The van der Waals surface area contributed by atoms with Crippen molar-refractivity contribution in [3.8, 4) is 0 Å². The Hall–Kier alpha value is -1.51. The van der Waals surface area contributed by atoms with E-state index in [1.165, 1.54) is 16.7 Å². The molecule has 21 heavy (non-hydrogen) atoms. The van der Waals surface area contributed by atoms with E-state index in [0.29, 0.717) is 12.3 Å². The monoisotopic (exact) mass is 289 g/mol. The third kappa shape index (κ3) is 2.66. The average molecular weight is 289 g/mol. The number of nitrogens with zero attached hydrogens (tertiary/aromatic N) is 1. The number of hydrogen-bond acceptors (Lipinski definition) is 2. The first-order chi connectivity index (χ1) is 9.69. The van der Waals surface area contributed by atoms with Gasteiger partial charge in [0.1, 0.15) is 6.04 Å². The number of rotatable bonds is 3. The van der Waals surface area contributed by atoms with Gasteiger partial charge in [0.15, 0.2) is 0 Å². The summed E-state index contributed by atoms with van der Waals surface area (Å²) in [4.78, 5) is 13.9. The van der Waals surface area contributed by atoms with Gasteiger partial charge in [0.25, 0.3) is 0 Å². The summed E-state index contributed by atoms with van der Waals surface area (Å²) in [7, 11) is 0. The normalized spacial score (nSPS) is 21.8. The maximum atomic E-state index is 11.7. The summed E-state index contributed by atoms with van der Waals surface area (Å²) in [5.41, 5.74) is 4.76. The molecule has 0 aromatic heterocycles. The minimum Gasteiger partial charge on any atom is -0.480 e. The Labute approximate surface area is 128 Å². The van der Waals surface area contributed by atoms with E-state index in [1.807, 2.05) is 6.92 Å². The summed E-state index contributed by atoms with van der Waals surface area (Å²) < 4.78 is 0. The maximum Gasteiger partial charge on any atom is 0.326 e. The molecule has 3 heteroatoms. The van der Waals surface area contributed by atoms with E-state index < -0.39 is 12.0 Å². The van der Waals surface area contributed by atoms with Crippen molar-refractivity contribution in [2.75, 3.05) is 4.90 Å². The second-order valence-corrected chi connectivity index (χ2v) is 7.05. The van der Waals surface area contributed by atoms with Crippen LogP contribution < -0.4 is 4.90 Å². The van der Waals surface area contributed by atoms with Crippen LogP contribution in [0.3, 0.4) is 0 Å². The van der Waals surface area contributed by atoms with Crippen LogP contribution in [0.25, 0.3) is 0 Å². The summed E-state index contributed by atoms with van der Waals surface area (Å²) in [6, 6.07) is 3.95. The molecule has 2 rings (SSSR count). The van der Waals surface area contributed by atoms with Gasteiger partial charge in [0.05, 0.1) is 0 Å². The van der Waals surface area contributed by atoms with E-state index in [-0.39, 0.29) is 5.54 Å². The van der Waals surface area contributed by atoms with Gasteiger partial charge in [0.2, 0.25) is 0 Å². The van der Waals surface area contributed by atoms with Crippen LogP contribution >= 0.6 is 0 Å². The molecule has 0 unspecified atom stereocenters. The fourth-order valence-corrected chi connectivity index (χ4v) is 3.77. The lowest BCUT2D eigenvalue weighted by atomic mass is 9.78. The Balaban J connectivity index is 2.66. The highest BCUT2D eigenvalue weighted by molar-refractivity contribution is 5.80. The number of carbonyl (C=O) groups is 1. The van der Waals surface area contributed by atoms with Gasteiger partial charge in [-0.15, -0.1) is 0 Å². The molecule has 0 radical (unpaired) electrons. The molecule has 1 aromatic rings. The molecule has 0 saturated heterocycles. The summed E-state index contributed by atoms with van der Waals surface area (Å²) in [6.07, 6.45) is 1.59. The predicted octanol–water partition coefficient (Wildman–Crippen LogP) is 4.26. The lowest BCUT2D eigenvalue weighted by Crippen LogP contribution is -2.56. The van der Waals surface area contributed by atoms with Gasteiger partial charge in [-0.05, 0) is 69.2 Å². The second kappa shape index (κ2) is 5.36. The number of aryl methyl sites for hydroxylation is 2. The number of benzene rings is 1. The molecule has 2 atom stereocenters. The quantitative estimate of drug-likeness (QED) is 0.904. The number of carboxylic acids is 1. The Morgan fingerprint density at radius 3 is 2.48 bits per heavy atom. The molecule has 1 aromatic carbocycles. The first-order valence-corrected chi connectivity index (χ1v) is 7.82. The lowest BCUT2D eigenvalue weighted by molar-refractivity contribution is -0.139. The standard InChI is InChI=1S/C18H27NO2/c1-7-15(17(20)21)19-16-9-12(3)11(2)8-14(16)13(4)10-18(19,5)6/h8-9,13,15H,7,10H2,1-6H3,(H,20,21)/t13-,15-/m1/s1. The number of carboxylic acid groups (broad SMARTS) is 1. The van der Waals surface area contributed by atoms with Crippen LogP contribution in [0.4, 0.5) is 5.69 Å². The van der Waals surface area contributed by atoms with Crippen LogP contribution in [0.2, 0.25) is 0 Å². The SMILES string of the molecule is CC[C@H](C(=O)O)N1c2cc(C)c(C)cc2[C@H](C)CC1(C)C. The third-order valence-electron chi connectivity index (χ3n) is 4.87. The van der Waals surface area contributed by atoms with Gasteiger partial charge in [-0.25, -0.2) is 4.79 Å². The van der Waals surface area contributed by atoms with E-state index in [0.717, 1.165) is 12.1 Å². The first kappa shape index (κ1) is 15.9. The Bertz CT molecular complexity index is 563. The van der Waals surface area contributed by atoms with Crippen LogP contribution in [0, 0.1) is 13.8 Å². The fourth-order valence-electron chi connectivity index (χ4n) is 3.77. The van der Waals surface area contributed by atoms with Crippen molar-refractivity contribution >= 4 is 11.7 Å². The topological polar surface area (TPSA) is 40.5 Å². The molecule has 1 aliphatic heterocycles. The lowest BCUT2D eigenvalue weighted by Gasteiger charge is -2.50. The highest BCUT2D eigenvalue weighted by Crippen LogP contribution is 2.45. The minimum atomic E-state index is -0.732. The van der Waals surface area contributed by atoms with E-state index >= 15 is 0 Å². The molecule has 0 fully saturated rings. The largest absolute Gasteiger partial charge is 0.480 e. The average Bonchev–Trinajstić information content (AvgIpc) is 2.36. The van der Waals surface area contributed by atoms with Crippen LogP contribution in [-0.2, 0) is 4.79 Å². The van der Waals surface area contributed by atoms with Gasteiger partial charge in [-0.2, -0.15) is 0 Å². The second-order valence-electron chi connectivity index (χ2n) is 7.05. The van der Waals surface area contributed by atoms with Crippen LogP contribution in [0.1, 0.15) is 63.1 Å². The Morgan fingerprint density at radius 2 is 1.95 bits per heavy atom. The summed E-state index contributed by atoms with van der Waals surface area (Å²) in [5.74, 6) is -0.277. The van der Waals surface area contributed by atoms with Crippen LogP contribution in [0.15, 0.2) is 12.1 Å². The molecule has 0 saturated carbocycles. The van der Waals surface area contributed by atoms with Crippen LogP contribution in [-0.4, -0.2) is 22.7 Å². The van der Waals surface area contributed by atoms with Gasteiger partial charge in [-0.1, -0.05) is 19.9 Å². The zero-order chi connectivity index (χ0) is 15.9. The van der Waals surface area contributed by atoms with Crippen molar-refractivity contribution in [3.05, 3.63) is 28.8 Å². The van der Waals surface area contributed by atoms with Gasteiger partial charge < -0.3 is 10.0 Å². The van der Waals surface area contributed by atoms with E-state index in [1.54, 1.807) is 0 Å². The van der Waals surface area contributed by atoms with Crippen molar-refractivity contribution in [2.45, 2.75) is 71.9 Å². The van der Waals surface area contributed by atoms with E-state index in [9.17, 15) is 9.90 Å². The highest BCUT2D eigenvalue weighted by Gasteiger charge is 2.41. The van der Waals surface area contributed by atoms with E-state index in [4.69, 9.17) is 0 Å². The summed E-state index contributed by atoms with van der Waals surface area (Å²) >= 11 is 0. The minimum absolute atomic E-state index is 0.146. The zero-order valence-corrected chi connectivity index (χ0v) is 14.0. The number of fused-ring (bicyclic) bond motifs is 1. The molecule has 1 heterocycles. The fraction of sp³-hybridized carbons (Fsp3) is 0.611. The van der Waals surface area contributed by atoms with Gasteiger partial charge in [0, 0.05) is 11.2 Å². The Kier molecular flexibility index (Phi) is 4.05. The molecular formula is C18H27NO2. The molecular weight excluding hydrogens is 262 g/mol. The number of hydrogen-bond donors (Lipinski definition) is 1. The summed E-state index contributed by atoms with van der Waals surface area (Å²) in [5, 5.41) is 9.63. The van der Waals surface area contributed by atoms with Crippen molar-refractivity contribution < 1.29 is 9.90 Å². The molecule has 116 valence electrons.